The molecule has 0 radical (unpaired) electrons. The van der Waals surface area contributed by atoms with E-state index in [4.69, 9.17) is 5.11 Å². The Morgan fingerprint density at radius 3 is 2.07 bits per heavy atom. The summed E-state index contributed by atoms with van der Waals surface area (Å²) in [5.41, 5.74) is -0.423. The van der Waals surface area contributed by atoms with Crippen molar-refractivity contribution in [3.63, 3.8) is 0 Å². The fourth-order valence-electron chi connectivity index (χ4n) is 1.40. The number of benzene rings is 1. The van der Waals surface area contributed by atoms with Crippen molar-refractivity contribution >= 4 is 12.3 Å². The fourth-order valence-corrected chi connectivity index (χ4v) is 1.40. The van der Waals surface area contributed by atoms with Gasteiger partial charge in [0.15, 0.2) is 6.29 Å². The summed E-state index contributed by atoms with van der Waals surface area (Å²) >= 11 is 0. The van der Waals surface area contributed by atoms with E-state index in [9.17, 15) is 19.8 Å². The third kappa shape index (κ3) is 1.52. The minimum absolute atomic E-state index is 0.0138. The van der Waals surface area contributed by atoms with Gasteiger partial charge < -0.3 is 15.3 Å². The maximum Gasteiger partial charge on any atom is 0.339 e. The lowest BCUT2D eigenvalue weighted by Crippen LogP contribution is -2.05. The first-order valence-corrected chi connectivity index (χ1v) is 4.15. The molecule has 0 unspecified atom stereocenters. The van der Waals surface area contributed by atoms with Crippen LogP contribution in [-0.4, -0.2) is 27.6 Å². The largest absolute Gasteiger partial charge is 0.507 e. The van der Waals surface area contributed by atoms with Gasteiger partial charge in [0.05, 0.1) is 5.56 Å². The number of aldehydes is 1. The maximum absolute atomic E-state index is 10.8. The molecular weight excluding hydrogens is 200 g/mol. The van der Waals surface area contributed by atoms with Gasteiger partial charge in [0.1, 0.15) is 17.1 Å². The lowest BCUT2D eigenvalue weighted by Gasteiger charge is -2.11. The van der Waals surface area contributed by atoms with Gasteiger partial charge >= 0.3 is 5.97 Å². The highest BCUT2D eigenvalue weighted by Crippen LogP contribution is 2.35. The second-order valence-electron chi connectivity index (χ2n) is 3.16. The molecule has 1 aromatic carbocycles. The molecule has 80 valence electrons. The Balaban J connectivity index is 3.75. The Hall–Kier alpha value is -2.04. The highest BCUT2D eigenvalue weighted by Gasteiger charge is 2.22. The molecule has 0 heterocycles. The van der Waals surface area contributed by atoms with Crippen LogP contribution in [0.15, 0.2) is 0 Å². The van der Waals surface area contributed by atoms with E-state index in [-0.39, 0.29) is 28.0 Å². The summed E-state index contributed by atoms with van der Waals surface area (Å²) in [4.78, 5) is 21.5. The van der Waals surface area contributed by atoms with Gasteiger partial charge in [0.2, 0.25) is 0 Å². The molecule has 0 aromatic heterocycles. The summed E-state index contributed by atoms with van der Waals surface area (Å²) < 4.78 is 0. The summed E-state index contributed by atoms with van der Waals surface area (Å²) in [5, 5.41) is 27.8. The molecule has 0 saturated heterocycles. The van der Waals surface area contributed by atoms with E-state index < -0.39 is 11.7 Å². The van der Waals surface area contributed by atoms with E-state index in [1.807, 2.05) is 0 Å². The number of carbonyl (C=O) groups excluding carboxylic acids is 1. The Morgan fingerprint density at radius 1 is 1.13 bits per heavy atom. The molecule has 0 bridgehead atoms. The molecule has 0 aliphatic carbocycles. The standard InChI is InChI=1S/C10H10O5/c1-4-6(3-11)8(12)5(2)9(13)7(4)10(14)15/h3,12-13H,1-2H3,(H,14,15). The van der Waals surface area contributed by atoms with Crippen LogP contribution in [0.5, 0.6) is 11.5 Å². The number of aromatic carboxylic acids is 1. The molecule has 0 aliphatic heterocycles. The molecule has 0 spiro atoms. The monoisotopic (exact) mass is 210 g/mol. The molecule has 0 aliphatic rings. The van der Waals surface area contributed by atoms with Crippen LogP contribution in [0.2, 0.25) is 0 Å². The van der Waals surface area contributed by atoms with Crippen LogP contribution < -0.4 is 0 Å². The van der Waals surface area contributed by atoms with Gasteiger partial charge in [-0.2, -0.15) is 0 Å². The molecule has 15 heavy (non-hydrogen) atoms. The van der Waals surface area contributed by atoms with Crippen molar-refractivity contribution in [1.29, 1.82) is 0 Å². The highest BCUT2D eigenvalue weighted by molar-refractivity contribution is 5.98. The molecule has 0 fully saturated rings. The second-order valence-corrected chi connectivity index (χ2v) is 3.16. The Kier molecular flexibility index (Phi) is 2.65. The summed E-state index contributed by atoms with van der Waals surface area (Å²) in [7, 11) is 0. The van der Waals surface area contributed by atoms with Crippen molar-refractivity contribution in [3.05, 3.63) is 22.3 Å². The van der Waals surface area contributed by atoms with Gasteiger partial charge in [0.25, 0.3) is 0 Å². The molecular formula is C10H10O5. The second kappa shape index (κ2) is 3.61. The number of rotatable bonds is 2. The van der Waals surface area contributed by atoms with Crippen molar-refractivity contribution < 1.29 is 24.9 Å². The van der Waals surface area contributed by atoms with E-state index in [1.54, 1.807) is 0 Å². The Labute approximate surface area is 85.6 Å². The molecule has 0 saturated carbocycles. The topological polar surface area (TPSA) is 94.8 Å². The number of carboxylic acid groups (broad SMARTS) is 1. The van der Waals surface area contributed by atoms with Crippen molar-refractivity contribution in [2.45, 2.75) is 13.8 Å². The van der Waals surface area contributed by atoms with Gasteiger partial charge in [-0.1, -0.05) is 0 Å². The molecule has 0 amide bonds. The van der Waals surface area contributed by atoms with Crippen molar-refractivity contribution in [2.24, 2.45) is 0 Å². The molecule has 5 nitrogen and oxygen atoms in total. The smallest absolute Gasteiger partial charge is 0.339 e. The van der Waals surface area contributed by atoms with Gasteiger partial charge in [0, 0.05) is 5.56 Å². The lowest BCUT2D eigenvalue weighted by atomic mass is 9.97. The van der Waals surface area contributed by atoms with Crippen LogP contribution in [0.25, 0.3) is 0 Å². The molecule has 3 N–H and O–H groups in total. The minimum atomic E-state index is -1.34. The van der Waals surface area contributed by atoms with Crippen LogP contribution >= 0.6 is 0 Å². The minimum Gasteiger partial charge on any atom is -0.507 e. The number of phenols is 2. The predicted octanol–water partition coefficient (Wildman–Crippen LogP) is 1.23. The first-order valence-electron chi connectivity index (χ1n) is 4.15. The summed E-state index contributed by atoms with van der Waals surface area (Å²) in [6.45, 7) is 2.69. The summed E-state index contributed by atoms with van der Waals surface area (Å²) in [5.74, 6) is -2.23. The van der Waals surface area contributed by atoms with Crippen molar-refractivity contribution in [2.75, 3.05) is 0 Å². The average molecular weight is 210 g/mol. The molecule has 1 aromatic rings. The van der Waals surface area contributed by atoms with Crippen LogP contribution in [0, 0.1) is 13.8 Å². The average Bonchev–Trinajstić information content (AvgIpc) is 2.15. The van der Waals surface area contributed by atoms with E-state index in [0.717, 1.165) is 0 Å². The van der Waals surface area contributed by atoms with E-state index in [2.05, 4.69) is 0 Å². The van der Waals surface area contributed by atoms with Crippen molar-refractivity contribution in [1.82, 2.24) is 0 Å². The van der Waals surface area contributed by atoms with E-state index in [0.29, 0.717) is 6.29 Å². The first-order chi connectivity index (χ1) is 6.91. The predicted molar refractivity (Wildman–Crippen MR) is 51.6 cm³/mol. The summed E-state index contributed by atoms with van der Waals surface area (Å²) in [6.07, 6.45) is 0.365. The number of phenolic OH excluding ortho intramolecular Hbond substituents is 1. The third-order valence-corrected chi connectivity index (χ3v) is 2.31. The Morgan fingerprint density at radius 2 is 1.67 bits per heavy atom. The first kappa shape index (κ1) is 11.0. The van der Waals surface area contributed by atoms with Gasteiger partial charge in [-0.15, -0.1) is 0 Å². The van der Waals surface area contributed by atoms with Crippen LogP contribution in [0.3, 0.4) is 0 Å². The molecule has 5 heteroatoms. The van der Waals surface area contributed by atoms with Gasteiger partial charge in [-0.05, 0) is 19.4 Å². The number of carbonyl (C=O) groups is 2. The number of carboxylic acids is 1. The maximum atomic E-state index is 10.8. The highest BCUT2D eigenvalue weighted by atomic mass is 16.4. The van der Waals surface area contributed by atoms with Crippen LogP contribution in [0.4, 0.5) is 0 Å². The zero-order chi connectivity index (χ0) is 11.7. The SMILES string of the molecule is Cc1c(O)c(C=O)c(C)c(C(=O)O)c1O. The third-order valence-electron chi connectivity index (χ3n) is 2.31. The zero-order valence-electron chi connectivity index (χ0n) is 8.24. The van der Waals surface area contributed by atoms with Gasteiger partial charge in [-0.3, -0.25) is 4.79 Å². The van der Waals surface area contributed by atoms with Gasteiger partial charge in [-0.25, -0.2) is 4.79 Å². The Bertz CT molecular complexity index is 448. The van der Waals surface area contributed by atoms with E-state index >= 15 is 0 Å². The molecule has 1 rings (SSSR count). The number of aromatic hydroxyl groups is 2. The quantitative estimate of drug-likeness (QED) is 0.638. The fraction of sp³-hybridized carbons (Fsp3) is 0.200. The zero-order valence-corrected chi connectivity index (χ0v) is 8.24. The number of hydrogen-bond donors (Lipinski definition) is 3. The number of hydrogen-bond acceptors (Lipinski definition) is 4. The lowest BCUT2D eigenvalue weighted by molar-refractivity contribution is 0.0692. The summed E-state index contributed by atoms with van der Waals surface area (Å²) in [6, 6.07) is 0. The van der Waals surface area contributed by atoms with Crippen LogP contribution in [0.1, 0.15) is 31.8 Å². The van der Waals surface area contributed by atoms with Crippen LogP contribution in [-0.2, 0) is 0 Å². The molecule has 0 atom stereocenters. The normalized spacial score (nSPS) is 10.0. The van der Waals surface area contributed by atoms with E-state index in [1.165, 1.54) is 13.8 Å². The van der Waals surface area contributed by atoms with Crippen molar-refractivity contribution in [3.8, 4) is 11.5 Å².